The Bertz CT molecular complexity index is 1240. The Labute approximate surface area is 226 Å². The maximum absolute atomic E-state index is 5.22. The van der Waals surface area contributed by atoms with Gasteiger partial charge in [0.05, 0.1) is 20.6 Å². The second-order valence-corrected chi connectivity index (χ2v) is 15.6. The van der Waals surface area contributed by atoms with Crippen molar-refractivity contribution in [2.75, 3.05) is 0 Å². The van der Waals surface area contributed by atoms with E-state index in [1.807, 2.05) is 12.5 Å². The van der Waals surface area contributed by atoms with Crippen LogP contribution in [0.5, 0.6) is 0 Å². The molecule has 0 radical (unpaired) electrons. The fourth-order valence-corrected chi connectivity index (χ4v) is 11.1. The van der Waals surface area contributed by atoms with E-state index in [9.17, 15) is 0 Å². The zero-order chi connectivity index (χ0) is 21.9. The minimum atomic E-state index is -1.04. The molecule has 7 rings (SSSR count). The summed E-state index contributed by atoms with van der Waals surface area (Å²) in [7, 11) is -1.04. The minimum Gasteiger partial charge on any atom is -1.00 e. The fraction of sp³-hybridized carbons (Fsp3) is 0.286. The summed E-state index contributed by atoms with van der Waals surface area (Å²) in [4.78, 5) is 0. The monoisotopic (exact) mass is 569 g/mol. The molecule has 0 N–H and O–H groups in total. The van der Waals surface area contributed by atoms with Gasteiger partial charge in [-0.15, -0.1) is 0 Å². The summed E-state index contributed by atoms with van der Waals surface area (Å²) < 4.78 is 5.87. The molecule has 5 heteroatoms. The topological polar surface area (TPSA) is 13.1 Å². The molecule has 0 spiro atoms. The van der Waals surface area contributed by atoms with E-state index < -0.39 is 8.07 Å². The molecular weight excluding hydrogens is 543 g/mol. The van der Waals surface area contributed by atoms with Crippen LogP contribution in [0.1, 0.15) is 57.8 Å². The van der Waals surface area contributed by atoms with Crippen molar-refractivity contribution in [3.8, 4) is 11.1 Å². The van der Waals surface area contributed by atoms with Crippen LogP contribution in [0.3, 0.4) is 0 Å². The van der Waals surface area contributed by atoms with E-state index >= 15 is 0 Å². The molecule has 3 heterocycles. The van der Waals surface area contributed by atoms with Crippen molar-refractivity contribution in [1.29, 1.82) is 0 Å². The molecule has 0 amide bonds. The van der Waals surface area contributed by atoms with Crippen molar-refractivity contribution in [1.82, 2.24) is 0 Å². The van der Waals surface area contributed by atoms with E-state index in [1.54, 1.807) is 35.5 Å². The van der Waals surface area contributed by atoms with E-state index in [4.69, 9.17) is 4.42 Å². The van der Waals surface area contributed by atoms with Gasteiger partial charge in [0.1, 0.15) is 0 Å². The molecule has 3 aromatic rings. The molecule has 2 atom stereocenters. The number of hydrogen-bond acceptors (Lipinski definition) is 1. The summed E-state index contributed by atoms with van der Waals surface area (Å²) in [5.41, 5.74) is 13.9. The smallest absolute Gasteiger partial charge is 1.00 e. The first-order valence-electron chi connectivity index (χ1n) is 11.2. The average molecular weight is 572 g/mol. The molecule has 1 aromatic heterocycles. The van der Waals surface area contributed by atoms with Crippen LogP contribution in [0.25, 0.3) is 22.4 Å². The van der Waals surface area contributed by atoms with Gasteiger partial charge in [0.25, 0.3) is 0 Å². The van der Waals surface area contributed by atoms with E-state index in [2.05, 4.69) is 82.4 Å². The van der Waals surface area contributed by atoms with Gasteiger partial charge >= 0.3 is 131 Å². The summed E-state index contributed by atoms with van der Waals surface area (Å²) in [6.45, 7) is 11.6. The second-order valence-electron chi connectivity index (χ2n) is 9.63. The number of rotatable bonds is 2. The van der Waals surface area contributed by atoms with Gasteiger partial charge < -0.3 is 29.2 Å². The van der Waals surface area contributed by atoms with Crippen LogP contribution in [0.2, 0.25) is 13.1 Å². The van der Waals surface area contributed by atoms with Crippen molar-refractivity contribution >= 4 is 19.3 Å². The Morgan fingerprint density at radius 1 is 0.909 bits per heavy atom. The van der Waals surface area contributed by atoms with Gasteiger partial charge in [-0.05, 0) is 12.1 Å². The molecule has 0 fully saturated rings. The first kappa shape index (κ1) is 26.5. The molecule has 2 aliphatic heterocycles. The molecule has 2 aromatic carbocycles. The third-order valence-corrected chi connectivity index (χ3v) is 13.4. The molecule has 0 saturated heterocycles. The van der Waals surface area contributed by atoms with Crippen LogP contribution in [0, 0.1) is 0 Å². The summed E-state index contributed by atoms with van der Waals surface area (Å²) in [6.07, 6.45) is 7.35. The molecule has 1 nitrogen and oxygen atoms in total. The molecule has 169 valence electrons. The number of halogens is 2. The van der Waals surface area contributed by atoms with Crippen LogP contribution < -0.4 is 24.8 Å². The SMILES string of the molecule is CC1=C2c3cocc3C1[Si]2(C)C.CCc1ccc(-c2cccc3c2C=C(C)[CH]3[Zr+2])cc1.[Cl-].[Cl-]. The van der Waals surface area contributed by atoms with Gasteiger partial charge in [0.2, 0.25) is 0 Å². The van der Waals surface area contributed by atoms with Crippen LogP contribution >= 0.6 is 0 Å². The fourth-order valence-electron chi connectivity index (χ4n) is 5.90. The number of benzene rings is 2. The minimum absolute atomic E-state index is 0. The largest absolute Gasteiger partial charge is 1.00 e. The number of aryl methyl sites for hydroxylation is 1. The number of furan rings is 1. The zero-order valence-electron chi connectivity index (χ0n) is 19.8. The third kappa shape index (κ3) is 4.14. The van der Waals surface area contributed by atoms with Crippen LogP contribution in [0.15, 0.2) is 70.6 Å². The van der Waals surface area contributed by atoms with Crippen molar-refractivity contribution in [2.45, 2.75) is 49.5 Å². The van der Waals surface area contributed by atoms with Crippen molar-refractivity contribution in [2.24, 2.45) is 0 Å². The first-order valence-corrected chi connectivity index (χ1v) is 15.7. The Hall–Kier alpha value is -1.12. The van der Waals surface area contributed by atoms with Crippen LogP contribution in [-0.2, 0) is 31.1 Å². The molecule has 2 aliphatic carbocycles. The Balaban J connectivity index is 0.000000190. The van der Waals surface area contributed by atoms with Gasteiger partial charge in [-0.1, -0.05) is 18.7 Å². The molecule has 0 saturated carbocycles. The van der Waals surface area contributed by atoms with Gasteiger partial charge in [-0.25, -0.2) is 0 Å². The van der Waals surface area contributed by atoms with Crippen molar-refractivity contribution in [3.63, 3.8) is 0 Å². The molecule has 2 bridgehead atoms. The predicted octanol–water partition coefficient (Wildman–Crippen LogP) is 1.88. The quantitative estimate of drug-likeness (QED) is 0.429. The normalized spacial score (nSPS) is 20.4. The molecule has 2 unspecified atom stereocenters. The number of hydrogen-bond donors (Lipinski definition) is 0. The number of fused-ring (bicyclic) bond motifs is 1. The van der Waals surface area contributed by atoms with Gasteiger partial charge in [-0.3, -0.25) is 0 Å². The Kier molecular flexibility index (Phi) is 7.91. The van der Waals surface area contributed by atoms with E-state index in [-0.39, 0.29) is 24.8 Å². The first-order chi connectivity index (χ1) is 14.8. The van der Waals surface area contributed by atoms with E-state index in [0.29, 0.717) is 3.63 Å². The molecule has 4 aliphatic rings. The Morgan fingerprint density at radius 3 is 2.21 bits per heavy atom. The predicted molar refractivity (Wildman–Crippen MR) is 129 cm³/mol. The Morgan fingerprint density at radius 2 is 1.61 bits per heavy atom. The van der Waals surface area contributed by atoms with Crippen molar-refractivity contribution in [3.05, 3.63) is 94.0 Å². The van der Waals surface area contributed by atoms with Gasteiger partial charge in [0, 0.05) is 16.7 Å². The summed E-state index contributed by atoms with van der Waals surface area (Å²) >= 11 is 1.59. The van der Waals surface area contributed by atoms with Crippen LogP contribution in [-0.4, -0.2) is 8.07 Å². The average Bonchev–Trinajstić information content (AvgIpc) is 3.45. The summed E-state index contributed by atoms with van der Waals surface area (Å²) in [5.74, 6) is 0. The zero-order valence-corrected chi connectivity index (χ0v) is 24.8. The third-order valence-electron chi connectivity index (χ3n) is 7.42. The van der Waals surface area contributed by atoms with E-state index in [1.165, 1.54) is 44.5 Å². The standard InChI is InChI=1S/C18H17.C10H12OSi.2ClH.Zr/c1-3-14-7-9-15(10-8-14)17-6-4-5-16-11-13(2)12-18(16)17;1-6-9-7-4-11-5-8(7)10(6)12(9,2)3;;;/h4-12H,3H2,1-2H3;4-5,9H,1-3H3;2*1H;/q;;;;+2/p-2. The van der Waals surface area contributed by atoms with E-state index in [0.717, 1.165) is 12.0 Å². The molecule has 33 heavy (non-hydrogen) atoms. The maximum atomic E-state index is 5.22. The maximum Gasteiger partial charge on any atom is -1.00 e. The van der Waals surface area contributed by atoms with Gasteiger partial charge in [0.15, 0.2) is 0 Å². The summed E-state index contributed by atoms with van der Waals surface area (Å²) in [6, 6.07) is 15.7. The van der Waals surface area contributed by atoms with Gasteiger partial charge in [-0.2, -0.15) is 0 Å². The van der Waals surface area contributed by atoms with Crippen molar-refractivity contribution < 1.29 is 54.0 Å². The second kappa shape index (κ2) is 9.86. The van der Waals surface area contributed by atoms with Crippen LogP contribution in [0.4, 0.5) is 0 Å². The molecular formula is C28H29Cl2OSiZr. The number of allylic oxidation sites excluding steroid dienone is 2. The summed E-state index contributed by atoms with van der Waals surface area (Å²) in [5, 5.41) is 1.66.